The van der Waals surface area contributed by atoms with Gasteiger partial charge in [0.25, 0.3) is 0 Å². The summed E-state index contributed by atoms with van der Waals surface area (Å²) in [4.78, 5) is 8.52. The first-order chi connectivity index (χ1) is 6.90. The van der Waals surface area contributed by atoms with E-state index in [2.05, 4.69) is 9.97 Å². The van der Waals surface area contributed by atoms with Crippen LogP contribution in [-0.4, -0.2) is 26.7 Å². The summed E-state index contributed by atoms with van der Waals surface area (Å²) in [6, 6.07) is 1.89. The van der Waals surface area contributed by atoms with Crippen molar-refractivity contribution in [1.29, 1.82) is 0 Å². The lowest BCUT2D eigenvalue weighted by molar-refractivity contribution is 1.11. The largest absolute Gasteiger partial charge is 0.330 e. The van der Waals surface area contributed by atoms with Crippen molar-refractivity contribution in [2.24, 2.45) is 5.73 Å². The molecule has 14 heavy (non-hydrogen) atoms. The molecule has 2 aromatic heterocycles. The molecule has 4 nitrogen and oxygen atoms in total. The third-order valence-corrected chi connectivity index (χ3v) is 2.82. The van der Waals surface area contributed by atoms with Crippen LogP contribution < -0.4 is 5.73 Å². The lowest BCUT2D eigenvalue weighted by Crippen LogP contribution is -2.01. The fourth-order valence-electron chi connectivity index (χ4n) is 1.21. The molecule has 0 saturated carbocycles. The third-order valence-electron chi connectivity index (χ3n) is 1.80. The molecule has 0 atom stereocenters. The fourth-order valence-corrected chi connectivity index (χ4v) is 1.87. The van der Waals surface area contributed by atoms with E-state index in [1.54, 1.807) is 18.0 Å². The Morgan fingerprint density at radius 2 is 2.43 bits per heavy atom. The zero-order valence-electron chi connectivity index (χ0n) is 7.76. The van der Waals surface area contributed by atoms with Gasteiger partial charge in [-0.25, -0.2) is 9.97 Å². The predicted octanol–water partition coefficient (Wildman–Crippen LogP) is 0.921. The van der Waals surface area contributed by atoms with Crippen LogP contribution in [-0.2, 0) is 5.75 Å². The molecular weight excluding hydrogens is 196 g/mol. The molecule has 0 unspecified atom stereocenters. The average molecular weight is 208 g/mol. The molecule has 0 aliphatic rings. The zero-order valence-corrected chi connectivity index (χ0v) is 8.57. The highest BCUT2D eigenvalue weighted by Gasteiger charge is 2.00. The van der Waals surface area contributed by atoms with E-state index < -0.39 is 0 Å². The first-order valence-electron chi connectivity index (χ1n) is 4.46. The Kier molecular flexibility index (Phi) is 3.00. The van der Waals surface area contributed by atoms with Crippen LogP contribution in [0.15, 0.2) is 24.7 Å². The Hall–Kier alpha value is -1.07. The number of nitrogens with two attached hydrogens (primary N) is 1. The number of hydrogen-bond acceptors (Lipinski definition) is 4. The van der Waals surface area contributed by atoms with Crippen molar-refractivity contribution in [2.45, 2.75) is 5.75 Å². The van der Waals surface area contributed by atoms with Crippen LogP contribution in [0.3, 0.4) is 0 Å². The highest BCUT2D eigenvalue weighted by atomic mass is 32.2. The first kappa shape index (κ1) is 9.48. The molecular formula is C9H12N4S. The van der Waals surface area contributed by atoms with Gasteiger partial charge in [-0.2, -0.15) is 11.8 Å². The van der Waals surface area contributed by atoms with Crippen LogP contribution in [0.25, 0.3) is 5.78 Å². The number of thioether (sulfide) groups is 1. The molecule has 0 amide bonds. The van der Waals surface area contributed by atoms with Crippen molar-refractivity contribution < 1.29 is 0 Å². The minimum atomic E-state index is 0.719. The van der Waals surface area contributed by atoms with Crippen LogP contribution in [0.1, 0.15) is 5.69 Å². The van der Waals surface area contributed by atoms with Gasteiger partial charge >= 0.3 is 0 Å². The van der Waals surface area contributed by atoms with Crippen molar-refractivity contribution in [2.75, 3.05) is 12.3 Å². The van der Waals surface area contributed by atoms with Gasteiger partial charge in [0.2, 0.25) is 5.78 Å². The van der Waals surface area contributed by atoms with Gasteiger partial charge in [0.05, 0.1) is 5.69 Å². The van der Waals surface area contributed by atoms with Gasteiger partial charge in [0.1, 0.15) is 0 Å². The van der Waals surface area contributed by atoms with Crippen molar-refractivity contribution in [1.82, 2.24) is 14.4 Å². The highest BCUT2D eigenvalue weighted by Crippen LogP contribution is 2.10. The summed E-state index contributed by atoms with van der Waals surface area (Å²) in [5.41, 5.74) is 6.47. The maximum absolute atomic E-state index is 5.41. The Morgan fingerprint density at radius 1 is 1.50 bits per heavy atom. The maximum Gasteiger partial charge on any atom is 0.233 e. The molecule has 2 rings (SSSR count). The number of aromatic nitrogens is 3. The molecule has 0 radical (unpaired) electrons. The molecule has 2 heterocycles. The maximum atomic E-state index is 5.41. The Labute approximate surface area is 86.5 Å². The Balaban J connectivity index is 2.11. The highest BCUT2D eigenvalue weighted by molar-refractivity contribution is 7.98. The second-order valence-electron chi connectivity index (χ2n) is 2.90. The quantitative estimate of drug-likeness (QED) is 0.759. The SMILES string of the molecule is NCCSCc1cn2cccnc2n1. The van der Waals surface area contributed by atoms with Crippen LogP contribution in [0.5, 0.6) is 0 Å². The Bertz CT molecular complexity index is 379. The molecule has 2 N–H and O–H groups in total. The predicted molar refractivity (Wildman–Crippen MR) is 58.2 cm³/mol. The van der Waals surface area contributed by atoms with E-state index in [4.69, 9.17) is 5.73 Å². The first-order valence-corrected chi connectivity index (χ1v) is 5.62. The van der Waals surface area contributed by atoms with Crippen LogP contribution >= 0.6 is 11.8 Å². The van der Waals surface area contributed by atoms with Crippen molar-refractivity contribution in [3.8, 4) is 0 Å². The van der Waals surface area contributed by atoms with Gasteiger partial charge < -0.3 is 5.73 Å². The summed E-state index contributed by atoms with van der Waals surface area (Å²) < 4.78 is 1.93. The number of hydrogen-bond donors (Lipinski definition) is 1. The number of rotatable bonds is 4. The summed E-state index contributed by atoms with van der Waals surface area (Å²) in [5, 5.41) is 0. The van der Waals surface area contributed by atoms with Crippen LogP contribution in [0, 0.1) is 0 Å². The van der Waals surface area contributed by atoms with Gasteiger partial charge in [0, 0.05) is 36.6 Å². The van der Waals surface area contributed by atoms with E-state index in [0.717, 1.165) is 29.5 Å². The van der Waals surface area contributed by atoms with Gasteiger partial charge in [-0.15, -0.1) is 0 Å². The summed E-state index contributed by atoms with van der Waals surface area (Å²) in [7, 11) is 0. The number of imidazole rings is 1. The lowest BCUT2D eigenvalue weighted by Gasteiger charge is -1.93. The van der Waals surface area contributed by atoms with Gasteiger partial charge in [-0.05, 0) is 6.07 Å². The topological polar surface area (TPSA) is 56.2 Å². The molecule has 0 aliphatic carbocycles. The van der Waals surface area contributed by atoms with Crippen molar-refractivity contribution in [3.63, 3.8) is 0 Å². The minimum absolute atomic E-state index is 0.719. The standard InChI is InChI=1S/C9H12N4S/c10-2-5-14-7-8-6-13-4-1-3-11-9(13)12-8/h1,3-4,6H,2,5,7,10H2. The fraction of sp³-hybridized carbons (Fsp3) is 0.333. The minimum Gasteiger partial charge on any atom is -0.330 e. The molecule has 0 aromatic carbocycles. The van der Waals surface area contributed by atoms with Crippen molar-refractivity contribution in [3.05, 3.63) is 30.4 Å². The lowest BCUT2D eigenvalue weighted by atomic mass is 10.6. The van der Waals surface area contributed by atoms with E-state index in [9.17, 15) is 0 Å². The molecule has 0 bridgehead atoms. The van der Waals surface area contributed by atoms with Crippen LogP contribution in [0.2, 0.25) is 0 Å². The molecule has 0 spiro atoms. The van der Waals surface area contributed by atoms with E-state index in [1.807, 2.05) is 22.9 Å². The van der Waals surface area contributed by atoms with Gasteiger partial charge in [0.15, 0.2) is 0 Å². The molecule has 0 fully saturated rings. The van der Waals surface area contributed by atoms with Gasteiger partial charge in [-0.3, -0.25) is 4.40 Å². The molecule has 0 aliphatic heterocycles. The van der Waals surface area contributed by atoms with Gasteiger partial charge in [-0.1, -0.05) is 0 Å². The number of nitrogens with zero attached hydrogens (tertiary/aromatic N) is 3. The summed E-state index contributed by atoms with van der Waals surface area (Å²) in [6.07, 6.45) is 5.71. The molecule has 0 saturated heterocycles. The second kappa shape index (κ2) is 4.43. The summed E-state index contributed by atoms with van der Waals surface area (Å²) >= 11 is 1.79. The summed E-state index contributed by atoms with van der Waals surface area (Å²) in [5.74, 6) is 2.64. The van der Waals surface area contributed by atoms with Crippen LogP contribution in [0.4, 0.5) is 0 Å². The van der Waals surface area contributed by atoms with E-state index in [0.29, 0.717) is 0 Å². The monoisotopic (exact) mass is 208 g/mol. The zero-order chi connectivity index (χ0) is 9.80. The van der Waals surface area contributed by atoms with E-state index >= 15 is 0 Å². The molecule has 2 aromatic rings. The smallest absolute Gasteiger partial charge is 0.233 e. The Morgan fingerprint density at radius 3 is 3.21 bits per heavy atom. The third kappa shape index (κ3) is 2.05. The van der Waals surface area contributed by atoms with Crippen molar-refractivity contribution >= 4 is 17.5 Å². The average Bonchev–Trinajstić information content (AvgIpc) is 2.60. The second-order valence-corrected chi connectivity index (χ2v) is 4.01. The van der Waals surface area contributed by atoms with E-state index in [-0.39, 0.29) is 0 Å². The number of fused-ring (bicyclic) bond motifs is 1. The normalized spacial score (nSPS) is 10.9. The molecule has 5 heteroatoms. The van der Waals surface area contributed by atoms with E-state index in [1.165, 1.54) is 0 Å². The summed E-state index contributed by atoms with van der Waals surface area (Å²) in [6.45, 7) is 0.719. The molecule has 74 valence electrons.